The van der Waals surface area contributed by atoms with Gasteiger partial charge in [0, 0.05) is 16.3 Å². The third-order valence-electron chi connectivity index (χ3n) is 5.81. The van der Waals surface area contributed by atoms with Crippen LogP contribution in [0.2, 0.25) is 0 Å². The van der Waals surface area contributed by atoms with Gasteiger partial charge in [0.25, 0.3) is 0 Å². The van der Waals surface area contributed by atoms with E-state index in [0.717, 1.165) is 38.6 Å². The van der Waals surface area contributed by atoms with Crippen molar-refractivity contribution in [3.63, 3.8) is 0 Å². The zero-order valence-corrected chi connectivity index (χ0v) is 17.1. The predicted octanol–water partition coefficient (Wildman–Crippen LogP) is 7.24. The fraction of sp³-hybridized carbons (Fsp3) is 0.154. The number of furan rings is 2. The van der Waals surface area contributed by atoms with E-state index in [2.05, 4.69) is 62.2 Å². The molecule has 0 atom stereocenters. The van der Waals surface area contributed by atoms with Gasteiger partial charge < -0.3 is 8.83 Å². The average Bonchev–Trinajstić information content (AvgIpc) is 3.35. The molecule has 146 valence electrons. The minimum atomic E-state index is -0.00194. The van der Waals surface area contributed by atoms with Crippen LogP contribution in [0.4, 0.5) is 0 Å². The van der Waals surface area contributed by atoms with Crippen molar-refractivity contribution < 1.29 is 8.83 Å². The molecule has 0 amide bonds. The van der Waals surface area contributed by atoms with Crippen molar-refractivity contribution in [3.05, 3.63) is 72.8 Å². The second-order valence-corrected chi connectivity index (χ2v) is 8.77. The highest BCUT2D eigenvalue weighted by Crippen LogP contribution is 2.41. The van der Waals surface area contributed by atoms with Crippen LogP contribution >= 0.6 is 0 Å². The van der Waals surface area contributed by atoms with Crippen LogP contribution in [-0.4, -0.2) is 9.97 Å². The molecule has 6 aromatic rings. The van der Waals surface area contributed by atoms with E-state index in [9.17, 15) is 0 Å². The first-order chi connectivity index (χ1) is 14.5. The molecule has 0 saturated carbocycles. The van der Waals surface area contributed by atoms with Crippen LogP contribution in [0.15, 0.2) is 76.0 Å². The number of hydrogen-bond acceptors (Lipinski definition) is 4. The average molecular weight is 392 g/mol. The van der Waals surface area contributed by atoms with Crippen molar-refractivity contribution in [2.45, 2.75) is 26.2 Å². The first-order valence-electron chi connectivity index (χ1n) is 10.1. The Morgan fingerprint density at radius 3 is 2.50 bits per heavy atom. The maximum Gasteiger partial charge on any atom is 0.231 e. The minimum absolute atomic E-state index is 0.00194. The molecule has 4 nitrogen and oxygen atoms in total. The summed E-state index contributed by atoms with van der Waals surface area (Å²) in [6.45, 7) is 6.74. The molecule has 0 N–H and O–H groups in total. The number of hydrogen-bond donors (Lipinski definition) is 0. The van der Waals surface area contributed by atoms with E-state index in [1.165, 1.54) is 16.3 Å². The zero-order chi connectivity index (χ0) is 20.5. The van der Waals surface area contributed by atoms with Crippen LogP contribution < -0.4 is 0 Å². The summed E-state index contributed by atoms with van der Waals surface area (Å²) in [7, 11) is 0. The van der Waals surface area contributed by atoms with Crippen LogP contribution in [0.1, 0.15) is 26.3 Å². The Labute approximate surface area is 173 Å². The Morgan fingerprint density at radius 2 is 1.63 bits per heavy atom. The monoisotopic (exact) mass is 392 g/mol. The molecule has 3 aromatic carbocycles. The number of fused-ring (bicyclic) bond motifs is 6. The molecule has 0 spiro atoms. The van der Waals surface area contributed by atoms with Gasteiger partial charge in [-0.25, -0.2) is 9.97 Å². The van der Waals surface area contributed by atoms with Crippen molar-refractivity contribution in [2.24, 2.45) is 0 Å². The molecule has 30 heavy (non-hydrogen) atoms. The van der Waals surface area contributed by atoms with Crippen LogP contribution in [0, 0.1) is 0 Å². The van der Waals surface area contributed by atoms with Gasteiger partial charge in [0.15, 0.2) is 0 Å². The lowest BCUT2D eigenvalue weighted by Gasteiger charge is -2.22. The van der Waals surface area contributed by atoms with Gasteiger partial charge in [0.05, 0.1) is 17.3 Å². The fourth-order valence-corrected chi connectivity index (χ4v) is 4.43. The molecule has 0 fully saturated rings. The Balaban J connectivity index is 1.76. The van der Waals surface area contributed by atoms with Crippen molar-refractivity contribution in [2.75, 3.05) is 0 Å². The quantitative estimate of drug-likeness (QED) is 0.296. The van der Waals surface area contributed by atoms with Crippen LogP contribution in [0.5, 0.6) is 0 Å². The van der Waals surface area contributed by atoms with Crippen molar-refractivity contribution in [3.8, 4) is 11.3 Å². The minimum Gasteiger partial charge on any atom is -0.464 e. The van der Waals surface area contributed by atoms with Crippen LogP contribution in [0.3, 0.4) is 0 Å². The highest BCUT2D eigenvalue weighted by molar-refractivity contribution is 6.20. The number of rotatable bonds is 1. The lowest BCUT2D eigenvalue weighted by molar-refractivity contribution is 0.596. The van der Waals surface area contributed by atoms with Gasteiger partial charge in [0.1, 0.15) is 17.5 Å². The van der Waals surface area contributed by atoms with Crippen LogP contribution in [0.25, 0.3) is 55.1 Å². The fourth-order valence-electron chi connectivity index (χ4n) is 4.43. The number of benzene rings is 3. The second-order valence-electron chi connectivity index (χ2n) is 8.77. The highest BCUT2D eigenvalue weighted by atomic mass is 16.3. The largest absolute Gasteiger partial charge is 0.464 e. The molecule has 3 aromatic heterocycles. The first kappa shape index (κ1) is 17.2. The SMILES string of the molecule is CC(C)(C)c1cc(-c2ncnc3oc4ccc5occc5c4c23)cc2ccccc12. The van der Waals surface area contributed by atoms with Gasteiger partial charge in [-0.15, -0.1) is 0 Å². The Kier molecular flexibility index (Phi) is 3.40. The standard InChI is InChI=1S/C26H20N2O2/c1-26(2,3)19-13-16(12-15-6-4-5-7-17(15)19)24-23-22-18-10-11-29-20(18)8-9-21(22)30-25(23)28-14-27-24/h4-14H,1-3H3. The van der Waals surface area contributed by atoms with Gasteiger partial charge in [-0.3, -0.25) is 0 Å². The van der Waals surface area contributed by atoms with E-state index in [4.69, 9.17) is 13.8 Å². The summed E-state index contributed by atoms with van der Waals surface area (Å²) in [6.07, 6.45) is 3.29. The molecule has 0 radical (unpaired) electrons. The lowest BCUT2D eigenvalue weighted by atomic mass is 9.82. The van der Waals surface area contributed by atoms with Gasteiger partial charge in [-0.2, -0.15) is 0 Å². The Hall–Kier alpha value is -3.66. The molecule has 3 heterocycles. The molecular formula is C26H20N2O2. The topological polar surface area (TPSA) is 52.1 Å². The van der Waals surface area contributed by atoms with Gasteiger partial charge in [-0.05, 0) is 52.1 Å². The first-order valence-corrected chi connectivity index (χ1v) is 10.1. The molecule has 0 bridgehead atoms. The van der Waals surface area contributed by atoms with Crippen molar-refractivity contribution in [1.29, 1.82) is 0 Å². The van der Waals surface area contributed by atoms with Gasteiger partial charge in [-0.1, -0.05) is 45.0 Å². The van der Waals surface area contributed by atoms with Crippen LogP contribution in [-0.2, 0) is 5.41 Å². The summed E-state index contributed by atoms with van der Waals surface area (Å²) < 4.78 is 11.7. The zero-order valence-electron chi connectivity index (χ0n) is 17.1. The summed E-state index contributed by atoms with van der Waals surface area (Å²) in [5.41, 5.74) is 5.44. The van der Waals surface area contributed by atoms with E-state index in [1.54, 1.807) is 12.6 Å². The van der Waals surface area contributed by atoms with E-state index < -0.39 is 0 Å². The summed E-state index contributed by atoms with van der Waals surface area (Å²) in [6, 6.07) is 18.8. The van der Waals surface area contributed by atoms with E-state index in [1.807, 2.05) is 18.2 Å². The molecule has 6 rings (SSSR count). The number of nitrogens with zero attached hydrogens (tertiary/aromatic N) is 2. The van der Waals surface area contributed by atoms with E-state index >= 15 is 0 Å². The molecule has 0 aliphatic rings. The molecule has 0 aliphatic carbocycles. The van der Waals surface area contributed by atoms with Gasteiger partial charge >= 0.3 is 0 Å². The molecular weight excluding hydrogens is 372 g/mol. The highest BCUT2D eigenvalue weighted by Gasteiger charge is 2.22. The van der Waals surface area contributed by atoms with Crippen molar-refractivity contribution >= 4 is 43.8 Å². The maximum atomic E-state index is 6.08. The molecule has 0 saturated heterocycles. The van der Waals surface area contributed by atoms with E-state index in [0.29, 0.717) is 5.71 Å². The van der Waals surface area contributed by atoms with Crippen molar-refractivity contribution in [1.82, 2.24) is 9.97 Å². The Bertz CT molecular complexity index is 1580. The van der Waals surface area contributed by atoms with Gasteiger partial charge in [0.2, 0.25) is 5.71 Å². The molecule has 0 unspecified atom stereocenters. The summed E-state index contributed by atoms with van der Waals surface area (Å²) in [4.78, 5) is 9.14. The summed E-state index contributed by atoms with van der Waals surface area (Å²) in [5.74, 6) is 0. The smallest absolute Gasteiger partial charge is 0.231 e. The predicted molar refractivity (Wildman–Crippen MR) is 121 cm³/mol. The van der Waals surface area contributed by atoms with E-state index in [-0.39, 0.29) is 5.41 Å². The third-order valence-corrected chi connectivity index (χ3v) is 5.81. The summed E-state index contributed by atoms with van der Waals surface area (Å²) >= 11 is 0. The number of aromatic nitrogens is 2. The third kappa shape index (κ3) is 2.40. The Morgan fingerprint density at radius 1 is 0.800 bits per heavy atom. The summed E-state index contributed by atoms with van der Waals surface area (Å²) in [5, 5.41) is 5.41. The lowest BCUT2D eigenvalue weighted by Crippen LogP contribution is -2.12. The normalized spacial score (nSPS) is 12.5. The molecule has 4 heteroatoms. The maximum absolute atomic E-state index is 6.08. The molecule has 0 aliphatic heterocycles. The second kappa shape index (κ2) is 5.92.